The van der Waals surface area contributed by atoms with E-state index in [9.17, 15) is 4.79 Å². The van der Waals surface area contributed by atoms with E-state index in [1.165, 1.54) is 31.4 Å². The monoisotopic (exact) mass is 378 g/mol. The Morgan fingerprint density at radius 3 is 2.57 bits per heavy atom. The Kier molecular flexibility index (Phi) is 6.20. The lowest BCUT2D eigenvalue weighted by molar-refractivity contribution is -0.132. The van der Waals surface area contributed by atoms with E-state index in [0.717, 1.165) is 44.7 Å². The molecule has 0 radical (unpaired) electrons. The summed E-state index contributed by atoms with van der Waals surface area (Å²) in [5.74, 6) is 1.29. The number of hydrogen-bond acceptors (Lipinski definition) is 4. The van der Waals surface area contributed by atoms with E-state index in [2.05, 4.69) is 50.1 Å². The molecule has 2 aromatic rings. The van der Waals surface area contributed by atoms with Gasteiger partial charge in [-0.1, -0.05) is 31.0 Å². The Morgan fingerprint density at radius 1 is 1.00 bits per heavy atom. The van der Waals surface area contributed by atoms with Crippen molar-refractivity contribution >= 4 is 11.6 Å². The van der Waals surface area contributed by atoms with Gasteiger partial charge in [0.25, 0.3) is 0 Å². The minimum absolute atomic E-state index is 0.339. The molecular formula is C23H30N4O. The topological polar surface area (TPSA) is 49.3 Å². The van der Waals surface area contributed by atoms with Gasteiger partial charge in [0.2, 0.25) is 5.91 Å². The Morgan fingerprint density at radius 2 is 1.82 bits per heavy atom. The van der Waals surface area contributed by atoms with Crippen molar-refractivity contribution in [2.75, 3.05) is 31.1 Å². The molecule has 0 N–H and O–H groups in total. The van der Waals surface area contributed by atoms with E-state index in [4.69, 9.17) is 0 Å². The third-order valence-corrected chi connectivity index (χ3v) is 6.12. The molecule has 1 saturated carbocycles. The van der Waals surface area contributed by atoms with Gasteiger partial charge in [-0.15, -0.1) is 0 Å². The Labute approximate surface area is 167 Å². The number of aromatic nitrogens is 2. The first kappa shape index (κ1) is 18.9. The molecule has 5 nitrogen and oxygen atoms in total. The Balaban J connectivity index is 1.48. The summed E-state index contributed by atoms with van der Waals surface area (Å²) in [5, 5.41) is 0. The Hall–Kier alpha value is -2.43. The van der Waals surface area contributed by atoms with Crippen LogP contribution in [-0.2, 0) is 11.2 Å². The number of hydrogen-bond donors (Lipinski definition) is 0. The van der Waals surface area contributed by atoms with Crippen molar-refractivity contribution in [3.05, 3.63) is 54.6 Å². The quantitative estimate of drug-likeness (QED) is 0.798. The van der Waals surface area contributed by atoms with Crippen molar-refractivity contribution in [2.24, 2.45) is 11.8 Å². The lowest BCUT2D eigenvalue weighted by atomic mass is 10.0. The number of nitrogens with zero attached hydrogens (tertiary/aromatic N) is 4. The molecule has 28 heavy (non-hydrogen) atoms. The summed E-state index contributed by atoms with van der Waals surface area (Å²) in [7, 11) is 0. The van der Waals surface area contributed by atoms with Crippen molar-refractivity contribution in [3.63, 3.8) is 0 Å². The number of carbonyl (C=O) groups excluding carboxylic acids is 1. The summed E-state index contributed by atoms with van der Waals surface area (Å²) in [5.41, 5.74) is 2.24. The van der Waals surface area contributed by atoms with E-state index < -0.39 is 0 Å². The number of anilines is 1. The molecule has 4 rings (SSSR count). The van der Waals surface area contributed by atoms with Gasteiger partial charge >= 0.3 is 0 Å². The molecule has 1 aliphatic carbocycles. The molecule has 1 amide bonds. The summed E-state index contributed by atoms with van der Waals surface area (Å²) in [6.07, 6.45) is 11.9. The fraction of sp³-hybridized carbons (Fsp3) is 0.522. The van der Waals surface area contributed by atoms with Crippen molar-refractivity contribution in [1.82, 2.24) is 14.9 Å². The number of carbonyl (C=O) groups is 1. The van der Waals surface area contributed by atoms with Crippen LogP contribution in [0, 0.1) is 11.8 Å². The van der Waals surface area contributed by atoms with E-state index in [1.807, 2.05) is 6.20 Å². The lowest BCUT2D eigenvalue weighted by Crippen LogP contribution is -2.37. The van der Waals surface area contributed by atoms with Gasteiger partial charge in [-0.05, 0) is 43.2 Å². The van der Waals surface area contributed by atoms with Crippen LogP contribution in [0.5, 0.6) is 0 Å². The minimum atomic E-state index is 0.339. The first-order valence-corrected chi connectivity index (χ1v) is 10.6. The summed E-state index contributed by atoms with van der Waals surface area (Å²) in [4.78, 5) is 26.2. The van der Waals surface area contributed by atoms with Gasteiger partial charge in [-0.25, -0.2) is 0 Å². The van der Waals surface area contributed by atoms with Crippen molar-refractivity contribution < 1.29 is 4.79 Å². The lowest BCUT2D eigenvalue weighted by Gasteiger charge is -2.26. The zero-order chi connectivity index (χ0) is 19.2. The largest absolute Gasteiger partial charge is 0.369 e. The van der Waals surface area contributed by atoms with Crippen LogP contribution in [0.25, 0.3) is 0 Å². The highest BCUT2D eigenvalue weighted by molar-refractivity contribution is 5.76. The van der Waals surface area contributed by atoms with Crippen LogP contribution >= 0.6 is 0 Å². The highest BCUT2D eigenvalue weighted by atomic mass is 16.2. The third kappa shape index (κ3) is 4.89. The molecule has 1 aromatic carbocycles. The molecule has 0 spiro atoms. The highest BCUT2D eigenvalue weighted by Gasteiger charge is 2.28. The van der Waals surface area contributed by atoms with Crippen LogP contribution in [0.4, 0.5) is 5.69 Å². The average molecular weight is 379 g/mol. The zero-order valence-electron chi connectivity index (χ0n) is 16.5. The van der Waals surface area contributed by atoms with Crippen LogP contribution in [0.2, 0.25) is 0 Å². The number of para-hydroxylation sites is 1. The molecule has 148 valence electrons. The summed E-state index contributed by atoms with van der Waals surface area (Å²) in [6, 6.07) is 10.5. The zero-order valence-corrected chi connectivity index (χ0v) is 16.5. The normalized spacial score (nSPS) is 20.9. The first-order chi connectivity index (χ1) is 13.8. The maximum atomic E-state index is 13.0. The predicted molar refractivity (Wildman–Crippen MR) is 111 cm³/mol. The minimum Gasteiger partial charge on any atom is -0.369 e. The van der Waals surface area contributed by atoms with Gasteiger partial charge in [-0.2, -0.15) is 0 Å². The number of rotatable bonds is 5. The van der Waals surface area contributed by atoms with Crippen LogP contribution in [0.3, 0.4) is 0 Å². The van der Waals surface area contributed by atoms with E-state index in [-0.39, 0.29) is 0 Å². The predicted octanol–water partition coefficient (Wildman–Crippen LogP) is 3.56. The molecule has 2 aliphatic rings. The summed E-state index contributed by atoms with van der Waals surface area (Å²) < 4.78 is 0. The molecular weight excluding hydrogens is 348 g/mol. The second-order valence-corrected chi connectivity index (χ2v) is 8.24. The molecule has 1 aromatic heterocycles. The molecule has 1 aliphatic heterocycles. The summed E-state index contributed by atoms with van der Waals surface area (Å²) >= 11 is 0. The van der Waals surface area contributed by atoms with Gasteiger partial charge in [-0.3, -0.25) is 14.8 Å². The van der Waals surface area contributed by atoms with E-state index >= 15 is 0 Å². The van der Waals surface area contributed by atoms with Crippen molar-refractivity contribution in [3.8, 4) is 0 Å². The van der Waals surface area contributed by atoms with Crippen LogP contribution in [0.15, 0.2) is 48.9 Å². The van der Waals surface area contributed by atoms with Gasteiger partial charge in [0, 0.05) is 56.9 Å². The molecule has 0 unspecified atom stereocenters. The molecule has 5 heteroatoms. The van der Waals surface area contributed by atoms with E-state index in [1.54, 1.807) is 12.4 Å². The fourth-order valence-corrected chi connectivity index (χ4v) is 4.66. The smallest absolute Gasteiger partial charge is 0.222 e. The van der Waals surface area contributed by atoms with Crippen LogP contribution < -0.4 is 4.90 Å². The maximum Gasteiger partial charge on any atom is 0.222 e. The van der Waals surface area contributed by atoms with Gasteiger partial charge in [0.15, 0.2) is 0 Å². The molecule has 1 atom stereocenters. The molecule has 2 heterocycles. The molecule has 0 bridgehead atoms. The Bertz CT molecular complexity index is 746. The van der Waals surface area contributed by atoms with Crippen LogP contribution in [0.1, 0.15) is 37.8 Å². The van der Waals surface area contributed by atoms with E-state index in [0.29, 0.717) is 17.7 Å². The van der Waals surface area contributed by atoms with Crippen molar-refractivity contribution in [2.45, 2.75) is 38.5 Å². The molecule has 1 saturated heterocycles. The number of benzene rings is 1. The van der Waals surface area contributed by atoms with Gasteiger partial charge in [0.05, 0.1) is 5.69 Å². The van der Waals surface area contributed by atoms with Gasteiger partial charge in [0.1, 0.15) is 0 Å². The standard InChI is InChI=1S/C23H30N4O/c28-23(15-19-6-4-5-7-19)27-13-12-26(22-8-2-1-3-9-22)17-20(18-27)14-21-16-24-10-11-25-21/h1-3,8-11,16,19-20H,4-7,12-15,17-18H2/t20-/m0/s1. The SMILES string of the molecule is O=C(CC1CCCC1)N1CCN(c2ccccc2)C[C@H](Cc2cnccn2)C1. The van der Waals surface area contributed by atoms with Gasteiger partial charge < -0.3 is 9.80 Å². The third-order valence-electron chi connectivity index (χ3n) is 6.12. The maximum absolute atomic E-state index is 13.0. The second-order valence-electron chi connectivity index (χ2n) is 8.24. The van der Waals surface area contributed by atoms with Crippen LogP contribution in [-0.4, -0.2) is 47.0 Å². The second kappa shape index (κ2) is 9.18. The number of amides is 1. The highest BCUT2D eigenvalue weighted by Crippen LogP contribution is 2.29. The molecule has 2 fully saturated rings. The van der Waals surface area contributed by atoms with Crippen molar-refractivity contribution in [1.29, 1.82) is 0 Å². The summed E-state index contributed by atoms with van der Waals surface area (Å²) in [6.45, 7) is 3.44. The average Bonchev–Trinajstić information content (AvgIpc) is 3.14. The first-order valence-electron chi connectivity index (χ1n) is 10.6. The fourth-order valence-electron chi connectivity index (χ4n) is 4.66.